The van der Waals surface area contributed by atoms with Crippen LogP contribution < -0.4 is 15.4 Å². The van der Waals surface area contributed by atoms with Gasteiger partial charge in [0.2, 0.25) is 0 Å². The maximum Gasteiger partial charge on any atom is 0.288 e. The summed E-state index contributed by atoms with van der Waals surface area (Å²) in [6, 6.07) is 22.2. The number of thioether (sulfide) groups is 1. The zero-order chi connectivity index (χ0) is 22.1. The summed E-state index contributed by atoms with van der Waals surface area (Å²) in [6.07, 6.45) is 0. The van der Waals surface area contributed by atoms with Crippen molar-refractivity contribution >= 4 is 29.3 Å². The Morgan fingerprint density at radius 2 is 1.68 bits per heavy atom. The van der Waals surface area contributed by atoms with Gasteiger partial charge < -0.3 is 15.4 Å². The quantitative estimate of drug-likeness (QED) is 0.460. The highest BCUT2D eigenvalue weighted by Gasteiger charge is 2.09. The highest BCUT2D eigenvalue weighted by Crippen LogP contribution is 2.26. The van der Waals surface area contributed by atoms with E-state index in [9.17, 15) is 18.4 Å². The topological polar surface area (TPSA) is 67.4 Å². The van der Waals surface area contributed by atoms with Gasteiger partial charge in [-0.1, -0.05) is 48.2 Å². The summed E-state index contributed by atoms with van der Waals surface area (Å²) in [5, 5.41) is 5.46. The second-order valence-corrected chi connectivity index (χ2v) is 7.50. The lowest BCUT2D eigenvalue weighted by molar-refractivity contribution is -0.118. The van der Waals surface area contributed by atoms with Crippen molar-refractivity contribution in [3.8, 4) is 5.75 Å². The van der Waals surface area contributed by atoms with E-state index in [1.165, 1.54) is 12.1 Å². The van der Waals surface area contributed by atoms with E-state index in [0.29, 0.717) is 40.2 Å². The molecular formula is C23H20F2N2O3S. The van der Waals surface area contributed by atoms with E-state index in [1.807, 2.05) is 30.3 Å². The first-order valence-electron chi connectivity index (χ1n) is 9.39. The van der Waals surface area contributed by atoms with Crippen molar-refractivity contribution in [3.63, 3.8) is 0 Å². The molecule has 0 bridgehead atoms. The molecule has 0 fully saturated rings. The van der Waals surface area contributed by atoms with Crippen LogP contribution in [0.25, 0.3) is 0 Å². The van der Waals surface area contributed by atoms with Gasteiger partial charge in [0.15, 0.2) is 6.61 Å². The fourth-order valence-corrected chi connectivity index (χ4v) is 3.17. The van der Waals surface area contributed by atoms with E-state index in [4.69, 9.17) is 4.74 Å². The second kappa shape index (κ2) is 11.1. The molecule has 8 heteroatoms. The smallest absolute Gasteiger partial charge is 0.288 e. The molecule has 0 spiro atoms. The minimum atomic E-state index is -2.50. The predicted molar refractivity (Wildman–Crippen MR) is 116 cm³/mol. The third-order valence-corrected chi connectivity index (χ3v) is 4.85. The molecule has 0 aliphatic carbocycles. The number of carbonyl (C=O) groups is 2. The maximum atomic E-state index is 12.3. The lowest BCUT2D eigenvalue weighted by atomic mass is 10.2. The van der Waals surface area contributed by atoms with Crippen LogP contribution >= 0.6 is 11.8 Å². The second-order valence-electron chi connectivity index (χ2n) is 6.44. The maximum absolute atomic E-state index is 12.3. The number of benzene rings is 3. The van der Waals surface area contributed by atoms with E-state index >= 15 is 0 Å². The van der Waals surface area contributed by atoms with Gasteiger partial charge in [-0.2, -0.15) is 8.78 Å². The van der Waals surface area contributed by atoms with E-state index in [1.54, 1.807) is 36.4 Å². The van der Waals surface area contributed by atoms with Gasteiger partial charge in [0.05, 0.1) is 0 Å². The molecule has 2 N–H and O–H groups in total. The number of ether oxygens (including phenoxy) is 1. The SMILES string of the molecule is O=C(COc1cccc(C(=O)NCc2ccccc2)c1)Nc1ccc(SC(F)F)cc1. The van der Waals surface area contributed by atoms with Crippen LogP contribution in [0.15, 0.2) is 83.8 Å². The van der Waals surface area contributed by atoms with Crippen molar-refractivity contribution in [2.24, 2.45) is 0 Å². The van der Waals surface area contributed by atoms with Crippen molar-refractivity contribution in [2.45, 2.75) is 17.2 Å². The van der Waals surface area contributed by atoms with Gasteiger partial charge in [-0.3, -0.25) is 9.59 Å². The number of carbonyl (C=O) groups excluding carboxylic acids is 2. The zero-order valence-electron chi connectivity index (χ0n) is 16.4. The predicted octanol–water partition coefficient (Wildman–Crippen LogP) is 4.95. The third kappa shape index (κ3) is 7.42. The molecule has 3 rings (SSSR count). The van der Waals surface area contributed by atoms with E-state index in [2.05, 4.69) is 10.6 Å². The van der Waals surface area contributed by atoms with Crippen LogP contribution in [0.5, 0.6) is 5.75 Å². The number of hydrogen-bond donors (Lipinski definition) is 2. The molecule has 0 unspecified atom stereocenters. The summed E-state index contributed by atoms with van der Waals surface area (Å²) in [5.74, 6) is -2.77. The summed E-state index contributed by atoms with van der Waals surface area (Å²) in [6.45, 7) is 0.143. The van der Waals surface area contributed by atoms with Crippen molar-refractivity contribution in [1.82, 2.24) is 5.32 Å². The molecule has 0 heterocycles. The number of hydrogen-bond acceptors (Lipinski definition) is 4. The van der Waals surface area contributed by atoms with Gasteiger partial charge in [-0.05, 0) is 48.0 Å². The first-order chi connectivity index (χ1) is 15.0. The van der Waals surface area contributed by atoms with E-state index in [-0.39, 0.29) is 12.5 Å². The highest BCUT2D eigenvalue weighted by molar-refractivity contribution is 7.99. The first kappa shape index (κ1) is 22.3. The highest BCUT2D eigenvalue weighted by atomic mass is 32.2. The first-order valence-corrected chi connectivity index (χ1v) is 10.3. The lowest BCUT2D eigenvalue weighted by Gasteiger charge is -2.10. The Morgan fingerprint density at radius 3 is 2.39 bits per heavy atom. The lowest BCUT2D eigenvalue weighted by Crippen LogP contribution is -2.23. The number of alkyl halides is 2. The van der Waals surface area contributed by atoms with E-state index < -0.39 is 11.7 Å². The number of nitrogens with one attached hydrogen (secondary N) is 2. The van der Waals surface area contributed by atoms with Crippen molar-refractivity contribution in [1.29, 1.82) is 0 Å². The molecule has 0 atom stereocenters. The molecule has 0 saturated carbocycles. The standard InChI is InChI=1S/C23H20F2N2O3S/c24-23(25)31-20-11-9-18(10-12-20)27-21(28)15-30-19-8-4-7-17(13-19)22(29)26-14-16-5-2-1-3-6-16/h1-13,23H,14-15H2,(H,26,29)(H,27,28). The summed E-state index contributed by atoms with van der Waals surface area (Å²) < 4.78 is 30.2. The molecule has 31 heavy (non-hydrogen) atoms. The minimum Gasteiger partial charge on any atom is -0.484 e. The van der Waals surface area contributed by atoms with Crippen LogP contribution in [-0.4, -0.2) is 24.2 Å². The van der Waals surface area contributed by atoms with Gasteiger partial charge >= 0.3 is 0 Å². The molecular weight excluding hydrogens is 422 g/mol. The molecule has 3 aromatic carbocycles. The summed E-state index contributed by atoms with van der Waals surface area (Å²) in [7, 11) is 0. The van der Waals surface area contributed by atoms with Gasteiger partial charge in [-0.25, -0.2) is 0 Å². The van der Waals surface area contributed by atoms with Crippen molar-refractivity contribution in [2.75, 3.05) is 11.9 Å². The fraction of sp³-hybridized carbons (Fsp3) is 0.130. The number of rotatable bonds is 9. The van der Waals surface area contributed by atoms with Gasteiger partial charge in [-0.15, -0.1) is 0 Å². The Bertz CT molecular complexity index is 1010. The molecule has 3 aromatic rings. The van der Waals surface area contributed by atoms with Crippen LogP contribution in [0.2, 0.25) is 0 Å². The Hall–Kier alpha value is -3.39. The minimum absolute atomic E-state index is 0.250. The van der Waals surface area contributed by atoms with E-state index in [0.717, 1.165) is 5.56 Å². The molecule has 0 radical (unpaired) electrons. The Labute approximate surface area is 182 Å². The number of anilines is 1. The Balaban J connectivity index is 1.49. The monoisotopic (exact) mass is 442 g/mol. The van der Waals surface area contributed by atoms with Crippen molar-refractivity contribution in [3.05, 3.63) is 90.0 Å². The average Bonchev–Trinajstić information content (AvgIpc) is 2.78. The molecule has 0 saturated heterocycles. The van der Waals surface area contributed by atoms with Crippen LogP contribution in [0.4, 0.5) is 14.5 Å². The van der Waals surface area contributed by atoms with Gasteiger partial charge in [0, 0.05) is 22.7 Å². The largest absolute Gasteiger partial charge is 0.484 e. The van der Waals surface area contributed by atoms with Gasteiger partial charge in [0.25, 0.3) is 17.6 Å². The number of halogens is 2. The molecule has 160 valence electrons. The molecule has 0 aromatic heterocycles. The van der Waals surface area contributed by atoms with Crippen LogP contribution in [-0.2, 0) is 11.3 Å². The van der Waals surface area contributed by atoms with Gasteiger partial charge in [0.1, 0.15) is 5.75 Å². The Morgan fingerprint density at radius 1 is 0.935 bits per heavy atom. The normalized spacial score (nSPS) is 10.5. The third-order valence-electron chi connectivity index (χ3n) is 4.13. The van der Waals surface area contributed by atoms with Crippen LogP contribution in [0.1, 0.15) is 15.9 Å². The van der Waals surface area contributed by atoms with Crippen LogP contribution in [0.3, 0.4) is 0 Å². The summed E-state index contributed by atoms with van der Waals surface area (Å²) in [4.78, 5) is 24.8. The molecule has 0 aliphatic heterocycles. The summed E-state index contributed by atoms with van der Waals surface area (Å²) in [5.41, 5.74) is 1.88. The van der Waals surface area contributed by atoms with Crippen molar-refractivity contribution < 1.29 is 23.1 Å². The molecule has 5 nitrogen and oxygen atoms in total. The Kier molecular flexibility index (Phi) is 8.00. The molecule has 2 amide bonds. The fourth-order valence-electron chi connectivity index (χ4n) is 2.67. The average molecular weight is 442 g/mol. The zero-order valence-corrected chi connectivity index (χ0v) is 17.2. The summed E-state index contributed by atoms with van der Waals surface area (Å²) >= 11 is 0.436. The van der Waals surface area contributed by atoms with Crippen LogP contribution in [0, 0.1) is 0 Å². The number of amides is 2. The molecule has 0 aliphatic rings.